The van der Waals surface area contributed by atoms with E-state index in [1.165, 1.54) is 0 Å². The Morgan fingerprint density at radius 3 is 2.40 bits per heavy atom. The number of aromatic nitrogens is 4. The molecule has 0 unspecified atom stereocenters. The zero-order valence-corrected chi connectivity index (χ0v) is 16.7. The Kier molecular flexibility index (Phi) is 5.42. The SMILES string of the molecule is Cc1nccn1-c1cc(N2CCC(C(=O)Nc3ccc(C(N)=O)cc3)CC2)ncn1. The largest absolute Gasteiger partial charge is 0.366 e. The third-order valence-electron chi connectivity index (χ3n) is 5.34. The van der Waals surface area contributed by atoms with Gasteiger partial charge in [-0.3, -0.25) is 14.2 Å². The van der Waals surface area contributed by atoms with Crippen LogP contribution in [-0.2, 0) is 4.79 Å². The van der Waals surface area contributed by atoms with Crippen molar-refractivity contribution in [3.8, 4) is 5.82 Å². The lowest BCUT2D eigenvalue weighted by molar-refractivity contribution is -0.120. The summed E-state index contributed by atoms with van der Waals surface area (Å²) in [7, 11) is 0. The lowest BCUT2D eigenvalue weighted by Gasteiger charge is -2.32. The summed E-state index contributed by atoms with van der Waals surface area (Å²) in [6.07, 6.45) is 6.62. The van der Waals surface area contributed by atoms with Gasteiger partial charge in [0.1, 0.15) is 23.8 Å². The fourth-order valence-corrected chi connectivity index (χ4v) is 3.59. The number of amides is 2. The number of hydrogen-bond acceptors (Lipinski definition) is 6. The van der Waals surface area contributed by atoms with Gasteiger partial charge in [-0.1, -0.05) is 0 Å². The molecule has 1 aliphatic rings. The first-order valence-corrected chi connectivity index (χ1v) is 9.79. The van der Waals surface area contributed by atoms with Crippen LogP contribution >= 0.6 is 0 Å². The number of benzene rings is 1. The Hall–Kier alpha value is -3.75. The van der Waals surface area contributed by atoms with E-state index in [2.05, 4.69) is 25.2 Å². The van der Waals surface area contributed by atoms with Crippen LogP contribution in [0.4, 0.5) is 11.5 Å². The number of nitrogens with one attached hydrogen (secondary N) is 1. The van der Waals surface area contributed by atoms with E-state index < -0.39 is 5.91 Å². The molecule has 1 saturated heterocycles. The summed E-state index contributed by atoms with van der Waals surface area (Å²) >= 11 is 0. The number of hydrogen-bond donors (Lipinski definition) is 2. The number of carbonyl (C=O) groups excluding carboxylic acids is 2. The minimum atomic E-state index is -0.490. The molecule has 154 valence electrons. The summed E-state index contributed by atoms with van der Waals surface area (Å²) in [4.78, 5) is 38.9. The van der Waals surface area contributed by atoms with E-state index in [0.717, 1.165) is 43.4 Å². The molecule has 30 heavy (non-hydrogen) atoms. The molecular formula is C21H23N7O2. The second kappa shape index (κ2) is 8.32. The Bertz CT molecular complexity index is 1050. The monoisotopic (exact) mass is 405 g/mol. The molecule has 0 atom stereocenters. The maximum absolute atomic E-state index is 12.6. The van der Waals surface area contributed by atoms with Crippen molar-refractivity contribution >= 4 is 23.3 Å². The highest BCUT2D eigenvalue weighted by Crippen LogP contribution is 2.24. The number of primary amides is 1. The van der Waals surface area contributed by atoms with Crippen LogP contribution in [0.5, 0.6) is 0 Å². The molecule has 2 aromatic heterocycles. The predicted octanol–water partition coefficient (Wildman–Crippen LogP) is 1.92. The van der Waals surface area contributed by atoms with E-state index in [0.29, 0.717) is 11.3 Å². The Labute approximate surface area is 174 Å². The lowest BCUT2D eigenvalue weighted by atomic mass is 9.95. The molecule has 1 aliphatic heterocycles. The molecule has 2 amide bonds. The van der Waals surface area contributed by atoms with Gasteiger partial charge in [-0.05, 0) is 44.0 Å². The predicted molar refractivity (Wildman–Crippen MR) is 112 cm³/mol. The Morgan fingerprint density at radius 2 is 1.77 bits per heavy atom. The molecule has 9 heteroatoms. The summed E-state index contributed by atoms with van der Waals surface area (Å²) < 4.78 is 1.91. The number of imidazole rings is 1. The molecule has 3 heterocycles. The number of carbonyl (C=O) groups is 2. The van der Waals surface area contributed by atoms with Gasteiger partial charge in [-0.2, -0.15) is 0 Å². The van der Waals surface area contributed by atoms with Crippen molar-refractivity contribution in [2.75, 3.05) is 23.3 Å². The number of rotatable bonds is 5. The van der Waals surface area contributed by atoms with Gasteiger partial charge in [-0.15, -0.1) is 0 Å². The molecule has 0 saturated carbocycles. The second-order valence-corrected chi connectivity index (χ2v) is 7.27. The number of piperidine rings is 1. The summed E-state index contributed by atoms with van der Waals surface area (Å²) in [6, 6.07) is 8.53. The normalized spacial score (nSPS) is 14.5. The van der Waals surface area contributed by atoms with Gasteiger partial charge in [0.05, 0.1) is 0 Å². The minimum Gasteiger partial charge on any atom is -0.366 e. The molecular weight excluding hydrogens is 382 g/mol. The van der Waals surface area contributed by atoms with Gasteiger partial charge in [0.25, 0.3) is 0 Å². The highest BCUT2D eigenvalue weighted by atomic mass is 16.2. The van der Waals surface area contributed by atoms with Gasteiger partial charge in [-0.25, -0.2) is 15.0 Å². The lowest BCUT2D eigenvalue weighted by Crippen LogP contribution is -2.38. The zero-order valence-electron chi connectivity index (χ0n) is 16.7. The quantitative estimate of drug-likeness (QED) is 0.669. The molecule has 3 N–H and O–H groups in total. The van der Waals surface area contributed by atoms with E-state index >= 15 is 0 Å². The third kappa shape index (κ3) is 4.14. The van der Waals surface area contributed by atoms with Gasteiger partial charge in [0.15, 0.2) is 0 Å². The second-order valence-electron chi connectivity index (χ2n) is 7.27. The maximum Gasteiger partial charge on any atom is 0.248 e. The van der Waals surface area contributed by atoms with Crippen molar-refractivity contribution in [2.24, 2.45) is 11.7 Å². The minimum absolute atomic E-state index is 0.0149. The van der Waals surface area contributed by atoms with Crippen LogP contribution < -0.4 is 16.0 Å². The summed E-state index contributed by atoms with van der Waals surface area (Å²) in [5.74, 6) is 1.90. The zero-order chi connectivity index (χ0) is 21.1. The molecule has 1 fully saturated rings. The number of nitrogens with two attached hydrogens (primary N) is 1. The van der Waals surface area contributed by atoms with Gasteiger partial charge in [0.2, 0.25) is 11.8 Å². The standard InChI is InChI=1S/C21H23N7O2/c1-14-23-8-11-28(14)19-12-18(24-13-25-19)27-9-6-16(7-10-27)21(30)26-17-4-2-15(3-5-17)20(22)29/h2-5,8,11-13,16H,6-7,9-10H2,1H3,(H2,22,29)(H,26,30). The molecule has 0 radical (unpaired) electrons. The molecule has 0 spiro atoms. The first kappa shape index (κ1) is 19.6. The van der Waals surface area contributed by atoms with E-state index in [9.17, 15) is 9.59 Å². The van der Waals surface area contributed by atoms with Crippen LogP contribution in [0.3, 0.4) is 0 Å². The van der Waals surface area contributed by atoms with Crippen LogP contribution in [-0.4, -0.2) is 44.4 Å². The van der Waals surface area contributed by atoms with Crippen molar-refractivity contribution in [3.63, 3.8) is 0 Å². The van der Waals surface area contributed by atoms with Gasteiger partial charge >= 0.3 is 0 Å². The van der Waals surface area contributed by atoms with Crippen LogP contribution in [0, 0.1) is 12.8 Å². The van der Waals surface area contributed by atoms with Crippen molar-refractivity contribution in [1.29, 1.82) is 0 Å². The molecule has 0 bridgehead atoms. The Balaban J connectivity index is 1.36. The Morgan fingerprint density at radius 1 is 1.07 bits per heavy atom. The van der Waals surface area contributed by atoms with Crippen molar-refractivity contribution in [2.45, 2.75) is 19.8 Å². The average molecular weight is 405 g/mol. The highest BCUT2D eigenvalue weighted by molar-refractivity contribution is 5.95. The molecule has 4 rings (SSSR count). The van der Waals surface area contributed by atoms with Crippen LogP contribution in [0.25, 0.3) is 5.82 Å². The summed E-state index contributed by atoms with van der Waals surface area (Å²) in [5.41, 5.74) is 6.31. The van der Waals surface area contributed by atoms with E-state index in [1.807, 2.05) is 23.8 Å². The van der Waals surface area contributed by atoms with Crippen molar-refractivity contribution < 1.29 is 9.59 Å². The molecule has 0 aliphatic carbocycles. The number of anilines is 2. The maximum atomic E-state index is 12.6. The fourth-order valence-electron chi connectivity index (χ4n) is 3.59. The average Bonchev–Trinajstić information content (AvgIpc) is 3.20. The van der Waals surface area contributed by atoms with Crippen LogP contribution in [0.2, 0.25) is 0 Å². The molecule has 9 nitrogen and oxygen atoms in total. The van der Waals surface area contributed by atoms with E-state index in [-0.39, 0.29) is 11.8 Å². The number of nitrogens with zero attached hydrogens (tertiary/aromatic N) is 5. The van der Waals surface area contributed by atoms with Gasteiger partial charge < -0.3 is 16.0 Å². The first-order chi connectivity index (χ1) is 14.5. The van der Waals surface area contributed by atoms with Crippen molar-refractivity contribution in [1.82, 2.24) is 19.5 Å². The third-order valence-corrected chi connectivity index (χ3v) is 5.34. The van der Waals surface area contributed by atoms with Crippen LogP contribution in [0.15, 0.2) is 49.1 Å². The first-order valence-electron chi connectivity index (χ1n) is 9.79. The number of aryl methyl sites for hydroxylation is 1. The van der Waals surface area contributed by atoms with E-state index in [4.69, 9.17) is 5.73 Å². The van der Waals surface area contributed by atoms with Crippen LogP contribution in [0.1, 0.15) is 29.0 Å². The fraction of sp³-hybridized carbons (Fsp3) is 0.286. The molecule has 3 aromatic rings. The smallest absolute Gasteiger partial charge is 0.248 e. The van der Waals surface area contributed by atoms with E-state index in [1.54, 1.807) is 36.8 Å². The molecule has 1 aromatic carbocycles. The summed E-state index contributed by atoms with van der Waals surface area (Å²) in [5, 5.41) is 2.92. The summed E-state index contributed by atoms with van der Waals surface area (Å²) in [6.45, 7) is 3.39. The highest BCUT2D eigenvalue weighted by Gasteiger charge is 2.26. The van der Waals surface area contributed by atoms with Gasteiger partial charge in [0, 0.05) is 48.7 Å². The van der Waals surface area contributed by atoms with Crippen molar-refractivity contribution in [3.05, 3.63) is 60.4 Å². The topological polar surface area (TPSA) is 119 Å².